The molecule has 176 valence electrons. The van der Waals surface area contributed by atoms with Gasteiger partial charge in [0.25, 0.3) is 0 Å². The standard InChI is InChI=1S/C25H31F2N5O/c1-16-15-21(17(2)18(3)24(16)33)28-19(4)23(20-11-7-5-8-12-20)25-29-31-32(30-25)14-10-6-9-13-22(26)27/h5,7-8,11-12,15,22-23,28,33H,4,6,9-10,13-14H2,1-3H3. The zero-order chi connectivity index (χ0) is 24.0. The molecule has 0 aliphatic rings. The zero-order valence-electron chi connectivity index (χ0n) is 19.4. The highest BCUT2D eigenvalue weighted by molar-refractivity contribution is 5.64. The SMILES string of the molecule is C=C(Nc1cc(C)c(O)c(C)c1C)C(c1ccccc1)c1nnn(CCCCCC(F)F)n1. The highest BCUT2D eigenvalue weighted by Gasteiger charge is 2.24. The topological polar surface area (TPSA) is 75.9 Å². The van der Waals surface area contributed by atoms with Crippen molar-refractivity contribution in [2.75, 3.05) is 5.32 Å². The lowest BCUT2D eigenvalue weighted by atomic mass is 9.94. The van der Waals surface area contributed by atoms with Crippen LogP contribution in [0.4, 0.5) is 14.5 Å². The third-order valence-corrected chi connectivity index (χ3v) is 5.84. The lowest BCUT2D eigenvalue weighted by Crippen LogP contribution is -2.14. The van der Waals surface area contributed by atoms with Crippen molar-refractivity contribution in [2.45, 2.75) is 65.3 Å². The second-order valence-corrected chi connectivity index (χ2v) is 8.32. The monoisotopic (exact) mass is 455 g/mol. The van der Waals surface area contributed by atoms with Crippen LogP contribution in [0.25, 0.3) is 0 Å². The van der Waals surface area contributed by atoms with Crippen LogP contribution in [0, 0.1) is 20.8 Å². The van der Waals surface area contributed by atoms with E-state index in [2.05, 4.69) is 27.3 Å². The van der Waals surface area contributed by atoms with E-state index in [0.717, 1.165) is 27.9 Å². The maximum absolute atomic E-state index is 12.3. The molecule has 0 aliphatic heterocycles. The molecule has 8 heteroatoms. The number of allylic oxidation sites excluding steroid dienone is 1. The van der Waals surface area contributed by atoms with Crippen LogP contribution in [-0.2, 0) is 6.54 Å². The van der Waals surface area contributed by atoms with Gasteiger partial charge in [-0.25, -0.2) is 8.78 Å². The van der Waals surface area contributed by atoms with Gasteiger partial charge in [-0.3, -0.25) is 0 Å². The number of aryl methyl sites for hydroxylation is 2. The van der Waals surface area contributed by atoms with Crippen molar-refractivity contribution in [2.24, 2.45) is 0 Å². The largest absolute Gasteiger partial charge is 0.507 e. The number of hydrogen-bond donors (Lipinski definition) is 2. The minimum absolute atomic E-state index is 0.0762. The Morgan fingerprint density at radius 1 is 1.09 bits per heavy atom. The van der Waals surface area contributed by atoms with Crippen LogP contribution in [0.2, 0.25) is 0 Å². The molecule has 0 saturated carbocycles. The Kier molecular flexibility index (Phi) is 8.14. The van der Waals surface area contributed by atoms with E-state index in [1.807, 2.05) is 57.2 Å². The Labute approximate surface area is 193 Å². The molecule has 1 atom stereocenters. The number of aromatic hydroxyl groups is 1. The van der Waals surface area contributed by atoms with Gasteiger partial charge in [0.05, 0.1) is 12.5 Å². The van der Waals surface area contributed by atoms with Crippen molar-refractivity contribution in [3.63, 3.8) is 0 Å². The molecule has 0 amide bonds. The van der Waals surface area contributed by atoms with Gasteiger partial charge < -0.3 is 10.4 Å². The van der Waals surface area contributed by atoms with Crippen LogP contribution in [-0.4, -0.2) is 31.7 Å². The number of rotatable bonds is 11. The predicted octanol–water partition coefficient (Wildman–Crippen LogP) is 5.89. The van der Waals surface area contributed by atoms with Crippen molar-refractivity contribution >= 4 is 5.69 Å². The summed E-state index contributed by atoms with van der Waals surface area (Å²) in [5, 5.41) is 26.6. The molecule has 1 unspecified atom stereocenters. The molecule has 33 heavy (non-hydrogen) atoms. The third kappa shape index (κ3) is 6.15. The highest BCUT2D eigenvalue weighted by Crippen LogP contribution is 2.34. The van der Waals surface area contributed by atoms with Gasteiger partial charge >= 0.3 is 0 Å². The summed E-state index contributed by atoms with van der Waals surface area (Å²) in [5.74, 6) is 0.463. The molecule has 0 saturated heterocycles. The van der Waals surface area contributed by atoms with E-state index >= 15 is 0 Å². The van der Waals surface area contributed by atoms with Crippen LogP contribution >= 0.6 is 0 Å². The molecular formula is C25H31F2N5O. The summed E-state index contributed by atoms with van der Waals surface area (Å²) < 4.78 is 24.6. The summed E-state index contributed by atoms with van der Waals surface area (Å²) in [4.78, 5) is 1.51. The number of anilines is 1. The summed E-state index contributed by atoms with van der Waals surface area (Å²) >= 11 is 0. The van der Waals surface area contributed by atoms with E-state index < -0.39 is 6.43 Å². The van der Waals surface area contributed by atoms with E-state index in [9.17, 15) is 13.9 Å². The molecule has 3 aromatic rings. The molecule has 0 fully saturated rings. The van der Waals surface area contributed by atoms with E-state index in [4.69, 9.17) is 0 Å². The first-order valence-corrected chi connectivity index (χ1v) is 11.1. The van der Waals surface area contributed by atoms with E-state index in [0.29, 0.717) is 43.1 Å². The molecule has 1 heterocycles. The Balaban J connectivity index is 1.80. The first-order chi connectivity index (χ1) is 15.8. The van der Waals surface area contributed by atoms with Gasteiger partial charge in [-0.2, -0.15) is 4.80 Å². The van der Waals surface area contributed by atoms with Crippen LogP contribution in [0.1, 0.15) is 59.7 Å². The Morgan fingerprint density at radius 2 is 1.82 bits per heavy atom. The van der Waals surface area contributed by atoms with Crippen LogP contribution in [0.5, 0.6) is 5.75 Å². The van der Waals surface area contributed by atoms with Crippen LogP contribution < -0.4 is 5.32 Å². The second kappa shape index (κ2) is 11.0. The Bertz CT molecular complexity index is 1080. The molecule has 2 aromatic carbocycles. The van der Waals surface area contributed by atoms with Crippen molar-refractivity contribution in [3.8, 4) is 5.75 Å². The Morgan fingerprint density at radius 3 is 2.52 bits per heavy atom. The first-order valence-electron chi connectivity index (χ1n) is 11.1. The predicted molar refractivity (Wildman–Crippen MR) is 126 cm³/mol. The third-order valence-electron chi connectivity index (χ3n) is 5.84. The fraction of sp³-hybridized carbons (Fsp3) is 0.400. The molecule has 6 nitrogen and oxygen atoms in total. The van der Waals surface area contributed by atoms with Gasteiger partial charge in [0, 0.05) is 17.8 Å². The number of nitrogens with one attached hydrogen (secondary N) is 1. The van der Waals surface area contributed by atoms with Crippen molar-refractivity contribution < 1.29 is 13.9 Å². The first kappa shape index (κ1) is 24.4. The molecule has 2 N–H and O–H groups in total. The van der Waals surface area contributed by atoms with Gasteiger partial charge in [0.2, 0.25) is 6.43 Å². The van der Waals surface area contributed by atoms with Crippen LogP contribution in [0.15, 0.2) is 48.7 Å². The minimum atomic E-state index is -2.25. The molecule has 0 spiro atoms. The number of aromatic nitrogens is 4. The lowest BCUT2D eigenvalue weighted by molar-refractivity contribution is 0.133. The van der Waals surface area contributed by atoms with Gasteiger partial charge in [0.15, 0.2) is 5.82 Å². The summed E-state index contributed by atoms with van der Waals surface area (Å²) in [5.41, 5.74) is 5.05. The van der Waals surface area contributed by atoms with Gasteiger partial charge in [-0.15, -0.1) is 10.2 Å². The zero-order valence-corrected chi connectivity index (χ0v) is 19.4. The number of unbranched alkanes of at least 4 members (excludes halogenated alkanes) is 2. The maximum Gasteiger partial charge on any atom is 0.238 e. The number of phenols is 1. The summed E-state index contributed by atoms with van der Waals surface area (Å²) in [6.07, 6.45) is -0.444. The van der Waals surface area contributed by atoms with Gasteiger partial charge in [-0.1, -0.05) is 43.3 Å². The number of phenolic OH excluding ortho intramolecular Hbond substituents is 1. The smallest absolute Gasteiger partial charge is 0.238 e. The Hall–Kier alpha value is -3.29. The van der Waals surface area contributed by atoms with Gasteiger partial charge in [-0.05, 0) is 67.1 Å². The summed E-state index contributed by atoms with van der Waals surface area (Å²) in [7, 11) is 0. The molecule has 0 aliphatic carbocycles. The molecule has 0 radical (unpaired) electrons. The second-order valence-electron chi connectivity index (χ2n) is 8.32. The fourth-order valence-electron chi connectivity index (χ4n) is 3.79. The molecule has 0 bridgehead atoms. The maximum atomic E-state index is 12.3. The average molecular weight is 456 g/mol. The number of benzene rings is 2. The van der Waals surface area contributed by atoms with E-state index in [1.165, 1.54) is 4.80 Å². The normalized spacial score (nSPS) is 12.2. The van der Waals surface area contributed by atoms with Gasteiger partial charge in [0.1, 0.15) is 5.75 Å². The fourth-order valence-corrected chi connectivity index (χ4v) is 3.79. The van der Waals surface area contributed by atoms with Crippen molar-refractivity contribution in [1.82, 2.24) is 20.2 Å². The average Bonchev–Trinajstić information content (AvgIpc) is 3.24. The minimum Gasteiger partial charge on any atom is -0.507 e. The van der Waals surface area contributed by atoms with Crippen molar-refractivity contribution in [1.29, 1.82) is 0 Å². The molecule has 1 aromatic heterocycles. The highest BCUT2D eigenvalue weighted by atomic mass is 19.3. The molecule has 3 rings (SSSR count). The van der Waals surface area contributed by atoms with Crippen molar-refractivity contribution in [3.05, 3.63) is 76.8 Å². The summed E-state index contributed by atoms with van der Waals surface area (Å²) in [6.45, 7) is 10.5. The van der Waals surface area contributed by atoms with Crippen LogP contribution in [0.3, 0.4) is 0 Å². The van der Waals surface area contributed by atoms with E-state index in [1.54, 1.807) is 0 Å². The number of nitrogens with zero attached hydrogens (tertiary/aromatic N) is 4. The number of halogens is 2. The molecular weight excluding hydrogens is 424 g/mol. The number of tetrazole rings is 1. The van der Waals surface area contributed by atoms with E-state index in [-0.39, 0.29) is 12.3 Å². The lowest BCUT2D eigenvalue weighted by Gasteiger charge is -2.21. The quantitative estimate of drug-likeness (QED) is 0.279. The summed E-state index contributed by atoms with van der Waals surface area (Å²) in [6, 6.07) is 11.7. The number of alkyl halides is 2. The number of hydrogen-bond acceptors (Lipinski definition) is 5.